The van der Waals surface area contributed by atoms with Gasteiger partial charge < -0.3 is 16.0 Å². The second-order valence-corrected chi connectivity index (χ2v) is 3.23. The van der Waals surface area contributed by atoms with Gasteiger partial charge in [0.1, 0.15) is 0 Å². The summed E-state index contributed by atoms with van der Waals surface area (Å²) in [7, 11) is 2.04. The summed E-state index contributed by atoms with van der Waals surface area (Å²) in [5, 5.41) is 0. The molecule has 3 heteroatoms. The molecule has 0 amide bonds. The van der Waals surface area contributed by atoms with E-state index < -0.39 is 0 Å². The minimum Gasteiger partial charge on any atom is -0.352 e. The van der Waals surface area contributed by atoms with E-state index in [0.717, 1.165) is 5.56 Å². The first-order valence-corrected chi connectivity index (χ1v) is 4.16. The molecule has 0 bridgehead atoms. The highest BCUT2D eigenvalue weighted by Gasteiger charge is 2.11. The summed E-state index contributed by atoms with van der Waals surface area (Å²) in [5.74, 6) is 0. The second-order valence-electron chi connectivity index (χ2n) is 3.23. The number of aromatic nitrogens is 1. The monoisotopic (exact) mass is 167 g/mol. The van der Waals surface area contributed by atoms with Crippen molar-refractivity contribution in [1.82, 2.24) is 4.57 Å². The molecular weight excluding hydrogens is 150 g/mol. The Bertz CT molecular complexity index is 276. The molecule has 0 fully saturated rings. The highest BCUT2D eigenvalue weighted by molar-refractivity contribution is 5.29. The van der Waals surface area contributed by atoms with Gasteiger partial charge in [-0.05, 0) is 25.5 Å². The fourth-order valence-electron chi connectivity index (χ4n) is 1.39. The zero-order valence-electron chi connectivity index (χ0n) is 7.96. The van der Waals surface area contributed by atoms with Crippen molar-refractivity contribution in [3.05, 3.63) is 23.0 Å². The molecule has 0 aliphatic carbocycles. The molecule has 12 heavy (non-hydrogen) atoms. The van der Waals surface area contributed by atoms with E-state index in [1.807, 2.05) is 7.05 Å². The van der Waals surface area contributed by atoms with Gasteiger partial charge in [0.2, 0.25) is 0 Å². The minimum atomic E-state index is -0.0232. The molecule has 1 rings (SSSR count). The van der Waals surface area contributed by atoms with E-state index in [0.29, 0.717) is 6.54 Å². The topological polar surface area (TPSA) is 57.0 Å². The quantitative estimate of drug-likeness (QED) is 0.677. The summed E-state index contributed by atoms with van der Waals surface area (Å²) in [6.45, 7) is 4.64. The third-order valence-electron chi connectivity index (χ3n) is 2.47. The van der Waals surface area contributed by atoms with Crippen LogP contribution in [0, 0.1) is 13.8 Å². The first-order chi connectivity index (χ1) is 5.57. The molecule has 3 nitrogen and oxygen atoms in total. The zero-order chi connectivity index (χ0) is 9.30. The molecule has 0 saturated heterocycles. The van der Waals surface area contributed by atoms with Gasteiger partial charge in [0.25, 0.3) is 0 Å². The Balaban J connectivity index is 3.08. The molecule has 1 aromatic rings. The number of hydrogen-bond donors (Lipinski definition) is 2. The summed E-state index contributed by atoms with van der Waals surface area (Å²) >= 11 is 0. The summed E-state index contributed by atoms with van der Waals surface area (Å²) in [6.07, 6.45) is 0. The highest BCUT2D eigenvalue weighted by atomic mass is 15.0. The van der Waals surface area contributed by atoms with Crippen LogP contribution in [0.5, 0.6) is 0 Å². The largest absolute Gasteiger partial charge is 0.352 e. The minimum absolute atomic E-state index is 0.0232. The summed E-state index contributed by atoms with van der Waals surface area (Å²) in [5.41, 5.74) is 14.9. The fraction of sp³-hybridized carbons (Fsp3) is 0.556. The van der Waals surface area contributed by atoms with Crippen LogP contribution in [-0.4, -0.2) is 11.1 Å². The van der Waals surface area contributed by atoms with Crippen LogP contribution in [0.3, 0.4) is 0 Å². The maximum absolute atomic E-state index is 5.84. The molecular formula is C9H17N3. The normalized spacial score (nSPS) is 13.4. The molecule has 0 spiro atoms. The Hall–Kier alpha value is -0.800. The SMILES string of the molecule is Cc1cc([C@H](N)CN)c(C)n1C. The molecule has 68 valence electrons. The Labute approximate surface area is 73.4 Å². The maximum Gasteiger partial charge on any atom is 0.0437 e. The number of nitrogens with two attached hydrogens (primary N) is 2. The maximum atomic E-state index is 5.84. The van der Waals surface area contributed by atoms with E-state index in [1.54, 1.807) is 0 Å². The van der Waals surface area contributed by atoms with Gasteiger partial charge in [0.05, 0.1) is 0 Å². The molecule has 0 unspecified atom stereocenters. The van der Waals surface area contributed by atoms with Crippen LogP contribution in [0.25, 0.3) is 0 Å². The Morgan fingerprint density at radius 3 is 2.42 bits per heavy atom. The zero-order valence-corrected chi connectivity index (χ0v) is 7.96. The standard InChI is InChI=1S/C9H17N3/c1-6-4-8(9(11)5-10)7(2)12(6)3/h4,9H,5,10-11H2,1-3H3/t9-/m1/s1. The Kier molecular flexibility index (Phi) is 2.55. The molecule has 0 aliphatic heterocycles. The van der Waals surface area contributed by atoms with Crippen molar-refractivity contribution < 1.29 is 0 Å². The van der Waals surface area contributed by atoms with Crippen molar-refractivity contribution in [3.63, 3.8) is 0 Å². The predicted octanol–water partition coefficient (Wildman–Crippen LogP) is 0.600. The van der Waals surface area contributed by atoms with Gasteiger partial charge in [-0.25, -0.2) is 0 Å². The molecule has 1 heterocycles. The molecule has 0 saturated carbocycles. The number of aryl methyl sites for hydroxylation is 1. The first kappa shape index (κ1) is 9.29. The van der Waals surface area contributed by atoms with Crippen LogP contribution < -0.4 is 11.5 Å². The van der Waals surface area contributed by atoms with Gasteiger partial charge in [-0.3, -0.25) is 0 Å². The van der Waals surface area contributed by atoms with E-state index in [-0.39, 0.29) is 6.04 Å². The van der Waals surface area contributed by atoms with Crippen LogP contribution in [0.1, 0.15) is 23.0 Å². The summed E-state index contributed by atoms with van der Waals surface area (Å²) in [4.78, 5) is 0. The van der Waals surface area contributed by atoms with Gasteiger partial charge in [-0.15, -0.1) is 0 Å². The number of rotatable bonds is 2. The molecule has 0 aromatic carbocycles. The average Bonchev–Trinajstić information content (AvgIpc) is 2.32. The van der Waals surface area contributed by atoms with Crippen LogP contribution in [0.2, 0.25) is 0 Å². The molecule has 0 radical (unpaired) electrons. The second kappa shape index (κ2) is 3.29. The summed E-state index contributed by atoms with van der Waals surface area (Å²) in [6, 6.07) is 2.08. The van der Waals surface area contributed by atoms with Crippen molar-refractivity contribution in [2.75, 3.05) is 6.54 Å². The lowest BCUT2D eigenvalue weighted by Gasteiger charge is -2.08. The average molecular weight is 167 g/mol. The first-order valence-electron chi connectivity index (χ1n) is 4.16. The van der Waals surface area contributed by atoms with Gasteiger partial charge in [0, 0.05) is 31.0 Å². The molecule has 4 N–H and O–H groups in total. The molecule has 1 atom stereocenters. The van der Waals surface area contributed by atoms with Crippen LogP contribution in [0.4, 0.5) is 0 Å². The summed E-state index contributed by atoms with van der Waals surface area (Å²) < 4.78 is 2.13. The van der Waals surface area contributed by atoms with Crippen LogP contribution >= 0.6 is 0 Å². The van der Waals surface area contributed by atoms with Crippen molar-refractivity contribution in [3.8, 4) is 0 Å². The van der Waals surface area contributed by atoms with Crippen LogP contribution in [-0.2, 0) is 7.05 Å². The third kappa shape index (κ3) is 1.38. The van der Waals surface area contributed by atoms with E-state index in [1.165, 1.54) is 11.4 Å². The molecule has 1 aromatic heterocycles. The van der Waals surface area contributed by atoms with Gasteiger partial charge in [0.15, 0.2) is 0 Å². The third-order valence-corrected chi connectivity index (χ3v) is 2.47. The number of nitrogens with zero attached hydrogens (tertiary/aromatic N) is 1. The Morgan fingerprint density at radius 1 is 1.50 bits per heavy atom. The van der Waals surface area contributed by atoms with E-state index in [9.17, 15) is 0 Å². The van der Waals surface area contributed by atoms with E-state index >= 15 is 0 Å². The number of hydrogen-bond acceptors (Lipinski definition) is 2. The van der Waals surface area contributed by atoms with E-state index in [4.69, 9.17) is 11.5 Å². The van der Waals surface area contributed by atoms with Crippen molar-refractivity contribution in [2.24, 2.45) is 18.5 Å². The van der Waals surface area contributed by atoms with Gasteiger partial charge in [-0.2, -0.15) is 0 Å². The lowest BCUT2D eigenvalue weighted by molar-refractivity contribution is 0.722. The fourth-order valence-corrected chi connectivity index (χ4v) is 1.39. The van der Waals surface area contributed by atoms with Crippen molar-refractivity contribution >= 4 is 0 Å². The van der Waals surface area contributed by atoms with Crippen molar-refractivity contribution in [2.45, 2.75) is 19.9 Å². The molecule has 0 aliphatic rings. The van der Waals surface area contributed by atoms with Gasteiger partial charge >= 0.3 is 0 Å². The highest BCUT2D eigenvalue weighted by Crippen LogP contribution is 2.18. The van der Waals surface area contributed by atoms with Gasteiger partial charge in [-0.1, -0.05) is 0 Å². The lowest BCUT2D eigenvalue weighted by atomic mass is 10.1. The Morgan fingerprint density at radius 2 is 2.08 bits per heavy atom. The van der Waals surface area contributed by atoms with Crippen molar-refractivity contribution in [1.29, 1.82) is 0 Å². The smallest absolute Gasteiger partial charge is 0.0437 e. The predicted molar refractivity (Wildman–Crippen MR) is 50.9 cm³/mol. The lowest BCUT2D eigenvalue weighted by Crippen LogP contribution is -2.21. The van der Waals surface area contributed by atoms with E-state index in [2.05, 4.69) is 24.5 Å². The van der Waals surface area contributed by atoms with Crippen LogP contribution in [0.15, 0.2) is 6.07 Å².